The number of carbonyl (C=O) groups is 1. The fourth-order valence-electron chi connectivity index (χ4n) is 2.04. The third kappa shape index (κ3) is 3.15. The Balaban J connectivity index is 2.02. The zero-order valence-corrected chi connectivity index (χ0v) is 11.0. The highest BCUT2D eigenvalue weighted by Gasteiger charge is 2.18. The topological polar surface area (TPSA) is 49.8 Å². The van der Waals surface area contributed by atoms with E-state index in [0.717, 1.165) is 25.9 Å². The summed E-state index contributed by atoms with van der Waals surface area (Å²) in [5, 5.41) is 9.09. The van der Waals surface area contributed by atoms with Crippen molar-refractivity contribution in [3.05, 3.63) is 28.8 Å². The van der Waals surface area contributed by atoms with Gasteiger partial charge in [0.05, 0.1) is 10.6 Å². The lowest BCUT2D eigenvalue weighted by molar-refractivity contribution is 0.0697. The molecule has 0 spiro atoms. The van der Waals surface area contributed by atoms with E-state index in [9.17, 15) is 4.79 Å². The highest BCUT2D eigenvalue weighted by molar-refractivity contribution is 6.33. The number of carboxylic acids is 1. The average Bonchev–Trinajstić information content (AvgIpc) is 2.32. The molecule has 1 heterocycles. The maximum atomic E-state index is 10.8. The van der Waals surface area contributed by atoms with Crippen LogP contribution in [0.15, 0.2) is 18.2 Å². The van der Waals surface area contributed by atoms with Crippen LogP contribution in [0.25, 0.3) is 0 Å². The number of nitrogens with zero attached hydrogens (tertiary/aromatic N) is 1. The molecule has 18 heavy (non-hydrogen) atoms. The van der Waals surface area contributed by atoms with Crippen molar-refractivity contribution in [1.29, 1.82) is 0 Å². The summed E-state index contributed by atoms with van der Waals surface area (Å²) in [6, 6.07) is 4.71. The first-order valence-electron chi connectivity index (χ1n) is 5.94. The Labute approximate surface area is 111 Å². The van der Waals surface area contributed by atoms with Gasteiger partial charge in [-0.05, 0) is 38.1 Å². The number of aromatic carboxylic acids is 1. The van der Waals surface area contributed by atoms with Crippen molar-refractivity contribution in [3.63, 3.8) is 0 Å². The SMILES string of the molecule is CN1CCC(Oc2ccc(C(=O)O)c(Cl)c2)CC1. The predicted molar refractivity (Wildman–Crippen MR) is 69.6 cm³/mol. The molecule has 1 aromatic rings. The number of hydrogen-bond acceptors (Lipinski definition) is 3. The third-order valence-corrected chi connectivity index (χ3v) is 3.45. The van der Waals surface area contributed by atoms with E-state index in [1.54, 1.807) is 12.1 Å². The van der Waals surface area contributed by atoms with Crippen molar-refractivity contribution in [2.24, 2.45) is 0 Å². The van der Waals surface area contributed by atoms with E-state index in [1.165, 1.54) is 6.07 Å². The molecule has 1 N–H and O–H groups in total. The summed E-state index contributed by atoms with van der Waals surface area (Å²) in [6.07, 6.45) is 2.15. The summed E-state index contributed by atoms with van der Waals surface area (Å²) in [5.74, 6) is -0.384. The first-order valence-corrected chi connectivity index (χ1v) is 6.32. The third-order valence-electron chi connectivity index (χ3n) is 3.14. The lowest BCUT2D eigenvalue weighted by Crippen LogP contribution is -2.35. The minimum Gasteiger partial charge on any atom is -0.490 e. The van der Waals surface area contributed by atoms with Crippen LogP contribution in [0.2, 0.25) is 5.02 Å². The van der Waals surface area contributed by atoms with Crippen molar-refractivity contribution in [2.45, 2.75) is 18.9 Å². The smallest absolute Gasteiger partial charge is 0.337 e. The quantitative estimate of drug-likeness (QED) is 0.916. The average molecular weight is 270 g/mol. The number of halogens is 1. The van der Waals surface area contributed by atoms with Crippen LogP contribution in [-0.2, 0) is 0 Å². The number of likely N-dealkylation sites (tertiary alicyclic amines) is 1. The maximum Gasteiger partial charge on any atom is 0.337 e. The molecule has 1 saturated heterocycles. The van der Waals surface area contributed by atoms with Crippen LogP contribution in [0.4, 0.5) is 0 Å². The van der Waals surface area contributed by atoms with Crippen LogP contribution in [0.3, 0.4) is 0 Å². The number of rotatable bonds is 3. The summed E-state index contributed by atoms with van der Waals surface area (Å²) in [5.41, 5.74) is 0.104. The van der Waals surface area contributed by atoms with Gasteiger partial charge in [0.2, 0.25) is 0 Å². The second-order valence-corrected chi connectivity index (χ2v) is 4.97. The second kappa shape index (κ2) is 5.59. The van der Waals surface area contributed by atoms with Gasteiger partial charge in [0.1, 0.15) is 11.9 Å². The van der Waals surface area contributed by atoms with Crippen LogP contribution in [0, 0.1) is 0 Å². The van der Waals surface area contributed by atoms with Gasteiger partial charge in [-0.15, -0.1) is 0 Å². The molecule has 5 heteroatoms. The van der Waals surface area contributed by atoms with Gasteiger partial charge in [-0.3, -0.25) is 0 Å². The molecule has 0 aromatic heterocycles. The van der Waals surface area contributed by atoms with Crippen LogP contribution in [-0.4, -0.2) is 42.2 Å². The molecule has 0 atom stereocenters. The lowest BCUT2D eigenvalue weighted by atomic mass is 10.1. The van der Waals surface area contributed by atoms with E-state index in [0.29, 0.717) is 5.75 Å². The number of ether oxygens (including phenoxy) is 1. The Morgan fingerprint density at radius 2 is 2.11 bits per heavy atom. The molecule has 0 bridgehead atoms. The van der Waals surface area contributed by atoms with Crippen molar-refractivity contribution >= 4 is 17.6 Å². The molecule has 1 aliphatic heterocycles. The predicted octanol–water partition coefficient (Wildman–Crippen LogP) is 2.51. The number of carboxylic acid groups (broad SMARTS) is 1. The largest absolute Gasteiger partial charge is 0.490 e. The van der Waals surface area contributed by atoms with E-state index in [1.807, 2.05) is 0 Å². The Hall–Kier alpha value is -1.26. The van der Waals surface area contributed by atoms with Gasteiger partial charge in [0, 0.05) is 13.1 Å². The summed E-state index contributed by atoms with van der Waals surface area (Å²) in [4.78, 5) is 13.1. The molecule has 0 unspecified atom stereocenters. The minimum absolute atomic E-state index is 0.104. The molecule has 1 aliphatic rings. The van der Waals surface area contributed by atoms with E-state index in [4.69, 9.17) is 21.4 Å². The summed E-state index contributed by atoms with van der Waals surface area (Å²) < 4.78 is 5.82. The Morgan fingerprint density at radius 3 is 2.67 bits per heavy atom. The van der Waals surface area contributed by atoms with Gasteiger partial charge in [0.25, 0.3) is 0 Å². The van der Waals surface area contributed by atoms with Crippen LogP contribution in [0.1, 0.15) is 23.2 Å². The fraction of sp³-hybridized carbons (Fsp3) is 0.462. The van der Waals surface area contributed by atoms with E-state index < -0.39 is 5.97 Å². The van der Waals surface area contributed by atoms with E-state index >= 15 is 0 Å². The van der Waals surface area contributed by atoms with Gasteiger partial charge in [-0.25, -0.2) is 4.79 Å². The first-order chi connectivity index (χ1) is 8.56. The highest BCUT2D eigenvalue weighted by atomic mass is 35.5. The van der Waals surface area contributed by atoms with Crippen molar-refractivity contribution in [3.8, 4) is 5.75 Å². The molecule has 1 aromatic carbocycles. The molecule has 0 radical (unpaired) electrons. The Kier molecular flexibility index (Phi) is 4.09. The van der Waals surface area contributed by atoms with Crippen molar-refractivity contribution in [1.82, 2.24) is 4.90 Å². The van der Waals surface area contributed by atoms with Crippen molar-refractivity contribution in [2.75, 3.05) is 20.1 Å². The minimum atomic E-state index is -1.02. The molecular formula is C13H16ClNO3. The Bertz CT molecular complexity index is 442. The molecule has 0 aliphatic carbocycles. The zero-order chi connectivity index (χ0) is 13.1. The molecule has 98 valence electrons. The first kappa shape index (κ1) is 13.2. The van der Waals surface area contributed by atoms with Crippen LogP contribution < -0.4 is 4.74 Å². The molecule has 4 nitrogen and oxygen atoms in total. The lowest BCUT2D eigenvalue weighted by Gasteiger charge is -2.29. The monoisotopic (exact) mass is 269 g/mol. The number of hydrogen-bond donors (Lipinski definition) is 1. The number of piperidine rings is 1. The normalized spacial score (nSPS) is 17.7. The molecule has 2 rings (SSSR count). The second-order valence-electron chi connectivity index (χ2n) is 4.57. The standard InChI is InChI=1S/C13H16ClNO3/c1-15-6-4-9(5-7-15)18-10-2-3-11(13(16)17)12(14)8-10/h2-3,8-9H,4-7H2,1H3,(H,16,17). The van der Waals surface area contributed by atoms with Gasteiger partial charge in [-0.1, -0.05) is 11.6 Å². The zero-order valence-electron chi connectivity index (χ0n) is 10.2. The van der Waals surface area contributed by atoms with Gasteiger partial charge in [0.15, 0.2) is 0 Å². The van der Waals surface area contributed by atoms with Crippen molar-refractivity contribution < 1.29 is 14.6 Å². The van der Waals surface area contributed by atoms with Gasteiger partial charge >= 0.3 is 5.97 Å². The maximum absolute atomic E-state index is 10.8. The van der Waals surface area contributed by atoms with Gasteiger partial charge in [-0.2, -0.15) is 0 Å². The highest BCUT2D eigenvalue weighted by Crippen LogP contribution is 2.25. The van der Waals surface area contributed by atoms with Crippen LogP contribution >= 0.6 is 11.6 Å². The fourth-order valence-corrected chi connectivity index (χ4v) is 2.29. The van der Waals surface area contributed by atoms with E-state index in [-0.39, 0.29) is 16.7 Å². The number of benzene rings is 1. The summed E-state index contributed by atoms with van der Waals surface area (Å²) in [6.45, 7) is 2.04. The van der Waals surface area contributed by atoms with Gasteiger partial charge < -0.3 is 14.7 Å². The molecule has 0 amide bonds. The summed E-state index contributed by atoms with van der Waals surface area (Å²) >= 11 is 5.90. The Morgan fingerprint density at radius 1 is 1.44 bits per heavy atom. The van der Waals surface area contributed by atoms with E-state index in [2.05, 4.69) is 11.9 Å². The molecule has 0 saturated carbocycles. The summed E-state index contributed by atoms with van der Waals surface area (Å²) in [7, 11) is 2.09. The molecular weight excluding hydrogens is 254 g/mol. The van der Waals surface area contributed by atoms with Crippen LogP contribution in [0.5, 0.6) is 5.75 Å². The molecule has 1 fully saturated rings.